The lowest BCUT2D eigenvalue weighted by Crippen LogP contribution is -2.29. The van der Waals surface area contributed by atoms with Gasteiger partial charge in [0.05, 0.1) is 17.2 Å². The summed E-state index contributed by atoms with van der Waals surface area (Å²) in [7, 11) is 1.65. The van der Waals surface area contributed by atoms with Crippen LogP contribution in [0.2, 0.25) is 0 Å². The number of nitrogens with zero attached hydrogens (tertiary/aromatic N) is 3. The van der Waals surface area contributed by atoms with Crippen molar-refractivity contribution in [3.05, 3.63) is 71.3 Å². The van der Waals surface area contributed by atoms with E-state index in [2.05, 4.69) is 6.92 Å². The molecular weight excluding hydrogens is 478 g/mol. The normalized spacial score (nSPS) is 14.8. The molecule has 1 aliphatic rings. The van der Waals surface area contributed by atoms with E-state index in [4.69, 9.17) is 26.8 Å². The second-order valence-corrected chi connectivity index (χ2v) is 9.80. The number of unbranched alkanes of at least 4 members (excludes halogenated alkanes) is 1. The van der Waals surface area contributed by atoms with E-state index in [0.29, 0.717) is 29.0 Å². The molecule has 3 aromatic rings. The molecule has 2 aromatic carbocycles. The first-order chi connectivity index (χ1) is 17.1. The Morgan fingerprint density at radius 1 is 1.09 bits per heavy atom. The van der Waals surface area contributed by atoms with Gasteiger partial charge in [-0.25, -0.2) is 4.68 Å². The van der Waals surface area contributed by atoms with Gasteiger partial charge in [-0.3, -0.25) is 9.69 Å². The van der Waals surface area contributed by atoms with E-state index in [1.54, 1.807) is 12.0 Å². The lowest BCUT2D eigenvalue weighted by atomic mass is 10.1. The number of hydrogen-bond donors (Lipinski definition) is 0. The molecule has 1 aromatic heterocycles. The summed E-state index contributed by atoms with van der Waals surface area (Å²) in [6.45, 7) is 3.95. The Kier molecular flexibility index (Phi) is 8.74. The molecule has 1 saturated heterocycles. The second kappa shape index (κ2) is 12.2. The summed E-state index contributed by atoms with van der Waals surface area (Å²) in [6, 6.07) is 17.9. The zero-order chi connectivity index (χ0) is 24.6. The molecule has 0 aliphatic carbocycles. The van der Waals surface area contributed by atoms with Crippen LogP contribution < -0.4 is 4.74 Å². The molecule has 1 aliphatic heterocycles. The minimum absolute atomic E-state index is 0.0776. The fourth-order valence-corrected chi connectivity index (χ4v) is 5.00. The molecule has 0 N–H and O–H groups in total. The molecule has 182 valence electrons. The molecule has 0 spiro atoms. The van der Waals surface area contributed by atoms with Gasteiger partial charge < -0.3 is 9.47 Å². The number of ether oxygens (including phenoxy) is 2. The first-order valence-electron chi connectivity index (χ1n) is 11.7. The highest BCUT2D eigenvalue weighted by Gasteiger charge is 2.32. The van der Waals surface area contributed by atoms with Crippen molar-refractivity contribution in [2.24, 2.45) is 0 Å². The maximum Gasteiger partial charge on any atom is 0.266 e. The van der Waals surface area contributed by atoms with Crippen LogP contribution in [0.15, 0.2) is 65.7 Å². The van der Waals surface area contributed by atoms with Crippen molar-refractivity contribution in [3.63, 3.8) is 0 Å². The molecule has 1 fully saturated rings. The SMILES string of the molecule is CCCCOc1cccc(-c2nn(-c3ccccc3)cc2/C=C2\SC(=S)N(CCCOC)C2=O)c1. The van der Waals surface area contributed by atoms with Crippen LogP contribution in [0.1, 0.15) is 31.7 Å². The summed E-state index contributed by atoms with van der Waals surface area (Å²) in [5, 5.41) is 4.89. The van der Waals surface area contributed by atoms with E-state index < -0.39 is 0 Å². The van der Waals surface area contributed by atoms with E-state index in [0.717, 1.165) is 47.5 Å². The number of methoxy groups -OCH3 is 1. The third kappa shape index (κ3) is 6.20. The van der Waals surface area contributed by atoms with Crippen LogP contribution in [-0.2, 0) is 9.53 Å². The van der Waals surface area contributed by atoms with Gasteiger partial charge in [0.15, 0.2) is 0 Å². The highest BCUT2D eigenvalue weighted by molar-refractivity contribution is 8.26. The van der Waals surface area contributed by atoms with Crippen LogP contribution in [-0.4, -0.2) is 51.8 Å². The zero-order valence-electron chi connectivity index (χ0n) is 20.0. The van der Waals surface area contributed by atoms with Crippen LogP contribution in [0.3, 0.4) is 0 Å². The van der Waals surface area contributed by atoms with Gasteiger partial charge in [0, 0.05) is 37.6 Å². The first kappa shape index (κ1) is 25.2. The minimum Gasteiger partial charge on any atom is -0.494 e. The Bertz CT molecular complexity index is 1210. The maximum absolute atomic E-state index is 13.1. The second-order valence-electron chi connectivity index (χ2n) is 8.12. The van der Waals surface area contributed by atoms with Crippen molar-refractivity contribution in [1.82, 2.24) is 14.7 Å². The molecule has 0 radical (unpaired) electrons. The fraction of sp³-hybridized carbons (Fsp3) is 0.296. The summed E-state index contributed by atoms with van der Waals surface area (Å²) in [4.78, 5) is 15.3. The van der Waals surface area contributed by atoms with Gasteiger partial charge in [0.1, 0.15) is 15.8 Å². The van der Waals surface area contributed by atoms with Crippen molar-refractivity contribution in [2.75, 3.05) is 26.9 Å². The molecule has 6 nitrogen and oxygen atoms in total. The topological polar surface area (TPSA) is 56.6 Å². The van der Waals surface area contributed by atoms with E-state index >= 15 is 0 Å². The molecule has 2 heterocycles. The van der Waals surface area contributed by atoms with Gasteiger partial charge >= 0.3 is 0 Å². The van der Waals surface area contributed by atoms with Gasteiger partial charge in [0.2, 0.25) is 0 Å². The van der Waals surface area contributed by atoms with Gasteiger partial charge in [-0.15, -0.1) is 0 Å². The quantitative estimate of drug-likeness (QED) is 0.181. The average Bonchev–Trinajstić information content (AvgIpc) is 3.41. The Morgan fingerprint density at radius 3 is 2.69 bits per heavy atom. The third-order valence-electron chi connectivity index (χ3n) is 5.53. The number of rotatable bonds is 11. The summed E-state index contributed by atoms with van der Waals surface area (Å²) >= 11 is 6.81. The Balaban J connectivity index is 1.69. The summed E-state index contributed by atoms with van der Waals surface area (Å²) < 4.78 is 13.5. The summed E-state index contributed by atoms with van der Waals surface area (Å²) in [6.07, 6.45) is 6.66. The molecule has 35 heavy (non-hydrogen) atoms. The summed E-state index contributed by atoms with van der Waals surface area (Å²) in [5.41, 5.74) is 3.49. The monoisotopic (exact) mass is 507 g/mol. The maximum atomic E-state index is 13.1. The Hall–Kier alpha value is -2.94. The number of thiocarbonyl (C=S) groups is 1. The van der Waals surface area contributed by atoms with Crippen LogP contribution in [0.5, 0.6) is 5.75 Å². The van der Waals surface area contributed by atoms with Gasteiger partial charge in [-0.1, -0.05) is 67.7 Å². The van der Waals surface area contributed by atoms with E-state index in [9.17, 15) is 4.79 Å². The third-order valence-corrected chi connectivity index (χ3v) is 6.91. The largest absolute Gasteiger partial charge is 0.494 e. The van der Waals surface area contributed by atoms with Crippen molar-refractivity contribution >= 4 is 40.3 Å². The van der Waals surface area contributed by atoms with Gasteiger partial charge in [-0.05, 0) is 43.2 Å². The number of thioether (sulfide) groups is 1. The predicted octanol–water partition coefficient (Wildman–Crippen LogP) is 5.96. The van der Waals surface area contributed by atoms with E-state index in [1.165, 1.54) is 11.8 Å². The lowest BCUT2D eigenvalue weighted by molar-refractivity contribution is -0.122. The molecule has 0 atom stereocenters. The molecule has 8 heteroatoms. The molecule has 4 rings (SSSR count). The fourth-order valence-electron chi connectivity index (χ4n) is 3.70. The van der Waals surface area contributed by atoms with Crippen LogP contribution in [0.4, 0.5) is 0 Å². The highest BCUT2D eigenvalue weighted by Crippen LogP contribution is 2.35. The highest BCUT2D eigenvalue weighted by atomic mass is 32.2. The number of benzene rings is 2. The van der Waals surface area contributed by atoms with Crippen molar-refractivity contribution in [3.8, 4) is 22.7 Å². The van der Waals surface area contributed by atoms with Gasteiger partial charge in [0.25, 0.3) is 5.91 Å². The Labute approximate surface area is 215 Å². The average molecular weight is 508 g/mol. The number of carbonyl (C=O) groups is 1. The van der Waals surface area contributed by atoms with E-state index in [-0.39, 0.29) is 5.91 Å². The minimum atomic E-state index is -0.0776. The standard InChI is InChI=1S/C27H29N3O3S2/c1-3-4-16-33-23-13-8-10-20(17-23)25-21(19-30(28-25)22-11-6-5-7-12-22)18-24-26(31)29(27(34)35-24)14-9-15-32-2/h5-8,10-13,17-19H,3-4,9,14-16H2,1-2H3/b24-18-. The molecule has 0 unspecified atom stereocenters. The van der Waals surface area contributed by atoms with E-state index in [1.807, 2.05) is 71.6 Å². The number of para-hydroxylation sites is 1. The number of hydrogen-bond acceptors (Lipinski definition) is 6. The molecule has 0 saturated carbocycles. The number of carbonyl (C=O) groups excluding carboxylic acids is 1. The van der Waals surface area contributed by atoms with Crippen LogP contribution >= 0.6 is 24.0 Å². The predicted molar refractivity (Wildman–Crippen MR) is 146 cm³/mol. The van der Waals surface area contributed by atoms with Crippen LogP contribution in [0, 0.1) is 0 Å². The molecular formula is C27H29N3O3S2. The van der Waals surface area contributed by atoms with Gasteiger partial charge in [-0.2, -0.15) is 5.10 Å². The number of amides is 1. The smallest absolute Gasteiger partial charge is 0.266 e. The first-order valence-corrected chi connectivity index (χ1v) is 13.0. The van der Waals surface area contributed by atoms with Crippen molar-refractivity contribution in [2.45, 2.75) is 26.2 Å². The number of aromatic nitrogens is 2. The lowest BCUT2D eigenvalue weighted by Gasteiger charge is -2.13. The Morgan fingerprint density at radius 2 is 1.91 bits per heavy atom. The summed E-state index contributed by atoms with van der Waals surface area (Å²) in [5.74, 6) is 0.729. The van der Waals surface area contributed by atoms with Crippen LogP contribution in [0.25, 0.3) is 23.0 Å². The zero-order valence-corrected chi connectivity index (χ0v) is 21.6. The van der Waals surface area contributed by atoms with Crippen molar-refractivity contribution in [1.29, 1.82) is 0 Å². The van der Waals surface area contributed by atoms with Crippen molar-refractivity contribution < 1.29 is 14.3 Å². The molecule has 1 amide bonds. The molecule has 0 bridgehead atoms.